The SMILES string of the molecule is CC(C)Cn1ncnc1CSc1ccc(Br)c(C(=O)O)c1. The Balaban J connectivity index is 2.08. The molecule has 0 spiro atoms. The quantitative estimate of drug-likeness (QED) is 0.786. The van der Waals surface area contributed by atoms with E-state index >= 15 is 0 Å². The molecule has 5 nitrogen and oxygen atoms in total. The Morgan fingerprint density at radius 2 is 2.24 bits per heavy atom. The molecule has 112 valence electrons. The fourth-order valence-corrected chi connectivity index (χ4v) is 3.11. The number of hydrogen-bond acceptors (Lipinski definition) is 4. The van der Waals surface area contributed by atoms with E-state index in [0.717, 1.165) is 17.3 Å². The first kappa shape index (κ1) is 16.0. The summed E-state index contributed by atoms with van der Waals surface area (Å²) in [7, 11) is 0. The standard InChI is InChI=1S/C14H16BrN3O2S/c1-9(2)6-18-13(16-8-17-18)7-21-10-3-4-12(15)11(5-10)14(19)20/h3-5,8-9H,6-7H2,1-2H3,(H,19,20). The number of benzene rings is 1. The number of aromatic carboxylic acids is 1. The van der Waals surface area contributed by atoms with Crippen LogP contribution in [0.4, 0.5) is 0 Å². The van der Waals surface area contributed by atoms with Crippen LogP contribution in [0.1, 0.15) is 30.0 Å². The molecule has 7 heteroatoms. The number of carboxylic acids is 1. The molecule has 1 N–H and O–H groups in total. The van der Waals surface area contributed by atoms with E-state index in [2.05, 4.69) is 39.9 Å². The third kappa shape index (κ3) is 4.31. The van der Waals surface area contributed by atoms with E-state index in [4.69, 9.17) is 5.11 Å². The fourth-order valence-electron chi connectivity index (χ4n) is 1.80. The molecular weight excluding hydrogens is 354 g/mol. The highest BCUT2D eigenvalue weighted by Gasteiger charge is 2.11. The number of thioether (sulfide) groups is 1. The molecule has 0 unspecified atom stereocenters. The van der Waals surface area contributed by atoms with Gasteiger partial charge in [0.05, 0.1) is 11.3 Å². The summed E-state index contributed by atoms with van der Waals surface area (Å²) in [4.78, 5) is 16.3. The Kier molecular flexibility index (Phi) is 5.41. The van der Waals surface area contributed by atoms with Crippen molar-refractivity contribution in [2.75, 3.05) is 0 Å². The van der Waals surface area contributed by atoms with Crippen LogP contribution in [0.2, 0.25) is 0 Å². The van der Waals surface area contributed by atoms with Gasteiger partial charge in [-0.05, 0) is 40.0 Å². The van der Waals surface area contributed by atoms with E-state index in [1.165, 1.54) is 0 Å². The maximum atomic E-state index is 11.1. The molecule has 0 amide bonds. The minimum absolute atomic E-state index is 0.267. The smallest absolute Gasteiger partial charge is 0.336 e. The fraction of sp³-hybridized carbons (Fsp3) is 0.357. The first-order valence-electron chi connectivity index (χ1n) is 6.49. The monoisotopic (exact) mass is 369 g/mol. The predicted octanol–water partition coefficient (Wildman–Crippen LogP) is 3.69. The lowest BCUT2D eigenvalue weighted by Gasteiger charge is -2.08. The third-order valence-electron chi connectivity index (χ3n) is 2.77. The minimum Gasteiger partial charge on any atom is -0.478 e. The topological polar surface area (TPSA) is 68.0 Å². The van der Waals surface area contributed by atoms with Gasteiger partial charge >= 0.3 is 5.97 Å². The van der Waals surface area contributed by atoms with E-state index in [9.17, 15) is 4.79 Å². The number of carboxylic acid groups (broad SMARTS) is 1. The Bertz CT molecular complexity index is 643. The van der Waals surface area contributed by atoms with E-state index in [0.29, 0.717) is 16.1 Å². The number of aromatic nitrogens is 3. The van der Waals surface area contributed by atoms with Crippen LogP contribution in [0.3, 0.4) is 0 Å². The minimum atomic E-state index is -0.938. The van der Waals surface area contributed by atoms with Gasteiger partial charge in [0.1, 0.15) is 12.2 Å². The van der Waals surface area contributed by atoms with Gasteiger partial charge in [0, 0.05) is 15.9 Å². The number of hydrogen-bond donors (Lipinski definition) is 1. The lowest BCUT2D eigenvalue weighted by Crippen LogP contribution is -2.09. The van der Waals surface area contributed by atoms with Crippen LogP contribution in [0.15, 0.2) is 33.9 Å². The average molecular weight is 370 g/mol. The number of halogens is 1. The molecule has 0 aliphatic heterocycles. The molecule has 2 rings (SSSR count). The Labute approximate surface area is 135 Å². The third-order valence-corrected chi connectivity index (χ3v) is 4.45. The number of carbonyl (C=O) groups is 1. The maximum Gasteiger partial charge on any atom is 0.336 e. The van der Waals surface area contributed by atoms with Gasteiger partial charge < -0.3 is 5.11 Å². The highest BCUT2D eigenvalue weighted by molar-refractivity contribution is 9.10. The zero-order chi connectivity index (χ0) is 15.4. The molecule has 0 fully saturated rings. The second-order valence-corrected chi connectivity index (χ2v) is 6.89. The van der Waals surface area contributed by atoms with Gasteiger partial charge in [-0.25, -0.2) is 14.5 Å². The van der Waals surface area contributed by atoms with Crippen molar-refractivity contribution in [3.63, 3.8) is 0 Å². The predicted molar refractivity (Wildman–Crippen MR) is 85.5 cm³/mol. The molecular formula is C14H16BrN3O2S. The number of nitrogens with zero attached hydrogens (tertiary/aromatic N) is 3. The second-order valence-electron chi connectivity index (χ2n) is 4.99. The van der Waals surface area contributed by atoms with Crippen LogP contribution in [-0.2, 0) is 12.3 Å². The van der Waals surface area contributed by atoms with Crippen molar-refractivity contribution < 1.29 is 9.90 Å². The first-order valence-corrected chi connectivity index (χ1v) is 8.27. The van der Waals surface area contributed by atoms with Crippen molar-refractivity contribution in [1.29, 1.82) is 0 Å². The zero-order valence-electron chi connectivity index (χ0n) is 11.8. The van der Waals surface area contributed by atoms with Crippen molar-refractivity contribution in [1.82, 2.24) is 14.8 Å². The lowest BCUT2D eigenvalue weighted by atomic mass is 10.2. The van der Waals surface area contributed by atoms with Crippen LogP contribution >= 0.6 is 27.7 Å². The van der Waals surface area contributed by atoms with E-state index in [1.807, 2.05) is 10.7 Å². The largest absolute Gasteiger partial charge is 0.478 e. The summed E-state index contributed by atoms with van der Waals surface area (Å²) in [5.74, 6) is 1.12. The summed E-state index contributed by atoms with van der Waals surface area (Å²) < 4.78 is 2.48. The lowest BCUT2D eigenvalue weighted by molar-refractivity contribution is 0.0695. The molecule has 1 aromatic heterocycles. The molecule has 1 heterocycles. The second kappa shape index (κ2) is 7.09. The Morgan fingerprint density at radius 3 is 2.90 bits per heavy atom. The van der Waals surface area contributed by atoms with Gasteiger partial charge in [0.25, 0.3) is 0 Å². The molecule has 21 heavy (non-hydrogen) atoms. The summed E-state index contributed by atoms with van der Waals surface area (Å²) in [6.45, 7) is 5.09. The first-order chi connectivity index (χ1) is 9.97. The number of rotatable bonds is 6. The van der Waals surface area contributed by atoms with Gasteiger partial charge in [0.15, 0.2) is 0 Å². The summed E-state index contributed by atoms with van der Waals surface area (Å²) in [6.07, 6.45) is 1.56. The van der Waals surface area contributed by atoms with Crippen molar-refractivity contribution in [2.45, 2.75) is 31.0 Å². The molecule has 0 bridgehead atoms. The molecule has 1 aromatic carbocycles. The van der Waals surface area contributed by atoms with Gasteiger partial charge in [-0.3, -0.25) is 0 Å². The molecule has 2 aromatic rings. The highest BCUT2D eigenvalue weighted by Crippen LogP contribution is 2.27. The van der Waals surface area contributed by atoms with Gasteiger partial charge in [-0.1, -0.05) is 13.8 Å². The molecule has 0 saturated carbocycles. The molecule has 0 atom stereocenters. The van der Waals surface area contributed by atoms with E-state index in [1.54, 1.807) is 30.2 Å². The Morgan fingerprint density at radius 1 is 1.48 bits per heavy atom. The van der Waals surface area contributed by atoms with Gasteiger partial charge in [-0.2, -0.15) is 5.10 Å². The van der Waals surface area contributed by atoms with E-state index < -0.39 is 5.97 Å². The van der Waals surface area contributed by atoms with Crippen LogP contribution in [0.5, 0.6) is 0 Å². The summed E-state index contributed by atoms with van der Waals surface area (Å²) in [5.41, 5.74) is 0.267. The highest BCUT2D eigenvalue weighted by atomic mass is 79.9. The molecule has 0 radical (unpaired) electrons. The van der Waals surface area contributed by atoms with Crippen molar-refractivity contribution in [2.24, 2.45) is 5.92 Å². The van der Waals surface area contributed by atoms with E-state index in [-0.39, 0.29) is 5.56 Å². The average Bonchev–Trinajstić information content (AvgIpc) is 2.84. The molecule has 0 aliphatic rings. The van der Waals surface area contributed by atoms with Crippen LogP contribution in [-0.4, -0.2) is 25.8 Å². The van der Waals surface area contributed by atoms with Crippen molar-refractivity contribution in [3.8, 4) is 0 Å². The van der Waals surface area contributed by atoms with Crippen LogP contribution in [0.25, 0.3) is 0 Å². The zero-order valence-corrected chi connectivity index (χ0v) is 14.2. The van der Waals surface area contributed by atoms with Crippen molar-refractivity contribution >= 4 is 33.7 Å². The summed E-state index contributed by atoms with van der Waals surface area (Å²) >= 11 is 4.80. The van der Waals surface area contributed by atoms with Gasteiger partial charge in [-0.15, -0.1) is 11.8 Å². The normalized spacial score (nSPS) is 11.0. The summed E-state index contributed by atoms with van der Waals surface area (Å²) in [5, 5.41) is 13.3. The summed E-state index contributed by atoms with van der Waals surface area (Å²) in [6, 6.07) is 5.31. The molecule has 0 saturated heterocycles. The van der Waals surface area contributed by atoms with Crippen LogP contribution in [0, 0.1) is 5.92 Å². The van der Waals surface area contributed by atoms with Crippen LogP contribution < -0.4 is 0 Å². The van der Waals surface area contributed by atoms with Gasteiger partial charge in [0.2, 0.25) is 0 Å². The maximum absolute atomic E-state index is 11.1. The Hall–Kier alpha value is -1.34. The molecule has 0 aliphatic carbocycles. The van der Waals surface area contributed by atoms with Crippen molar-refractivity contribution in [3.05, 3.63) is 40.4 Å².